The molecule has 1 fully saturated rings. The molecule has 4 rings (SSSR count). The van der Waals surface area contributed by atoms with Crippen LogP contribution in [0.1, 0.15) is 10.4 Å². The van der Waals surface area contributed by atoms with E-state index in [-0.39, 0.29) is 18.4 Å². The fourth-order valence-corrected chi connectivity index (χ4v) is 3.45. The second kappa shape index (κ2) is 8.92. The van der Waals surface area contributed by atoms with Crippen LogP contribution in [0.25, 0.3) is 16.9 Å². The number of likely N-dealkylation sites (N-methyl/N-ethyl adjacent to an activating group) is 1. The number of hydrogen-bond acceptors (Lipinski definition) is 4. The van der Waals surface area contributed by atoms with Crippen molar-refractivity contribution in [2.75, 3.05) is 39.9 Å². The summed E-state index contributed by atoms with van der Waals surface area (Å²) >= 11 is 0. The van der Waals surface area contributed by atoms with Gasteiger partial charge in [-0.25, -0.2) is 4.68 Å². The molecule has 7 nitrogen and oxygen atoms in total. The third-order valence-corrected chi connectivity index (χ3v) is 5.10. The van der Waals surface area contributed by atoms with Crippen molar-refractivity contribution in [2.24, 2.45) is 0 Å². The number of carbonyl (C=O) groups excluding carboxylic acids is 2. The number of aromatic nitrogens is 2. The summed E-state index contributed by atoms with van der Waals surface area (Å²) in [5, 5.41) is 4.68. The number of rotatable bonds is 5. The molecule has 0 aliphatic carbocycles. The largest absolute Gasteiger partial charge is 0.378 e. The molecule has 2 amide bonds. The van der Waals surface area contributed by atoms with Gasteiger partial charge in [-0.2, -0.15) is 5.10 Å². The fourth-order valence-electron chi connectivity index (χ4n) is 3.45. The second-order valence-electron chi connectivity index (χ2n) is 7.19. The van der Waals surface area contributed by atoms with Gasteiger partial charge >= 0.3 is 0 Å². The fraction of sp³-hybridized carbons (Fsp3) is 0.261. The van der Waals surface area contributed by atoms with Crippen LogP contribution in [0.2, 0.25) is 0 Å². The van der Waals surface area contributed by atoms with Crippen molar-refractivity contribution < 1.29 is 14.3 Å². The van der Waals surface area contributed by atoms with Gasteiger partial charge in [-0.05, 0) is 12.1 Å². The highest BCUT2D eigenvalue weighted by atomic mass is 16.5. The Morgan fingerprint density at radius 1 is 1.00 bits per heavy atom. The third kappa shape index (κ3) is 4.26. The highest BCUT2D eigenvalue weighted by Crippen LogP contribution is 2.24. The van der Waals surface area contributed by atoms with E-state index < -0.39 is 0 Å². The maximum atomic E-state index is 13.3. The number of nitrogens with zero attached hydrogens (tertiary/aromatic N) is 4. The van der Waals surface area contributed by atoms with Gasteiger partial charge in [0.05, 0.1) is 31.0 Å². The topological polar surface area (TPSA) is 67.7 Å². The molecule has 0 unspecified atom stereocenters. The van der Waals surface area contributed by atoms with Gasteiger partial charge in [0.1, 0.15) is 5.69 Å². The highest BCUT2D eigenvalue weighted by molar-refractivity contribution is 6.01. The summed E-state index contributed by atoms with van der Waals surface area (Å²) in [6.45, 7) is 2.20. The predicted molar refractivity (Wildman–Crippen MR) is 113 cm³/mol. The lowest BCUT2D eigenvalue weighted by atomic mass is 10.1. The molecule has 2 aromatic carbocycles. The van der Waals surface area contributed by atoms with Crippen LogP contribution in [0, 0.1) is 0 Å². The number of carbonyl (C=O) groups is 2. The molecule has 154 valence electrons. The zero-order chi connectivity index (χ0) is 20.9. The Hall–Kier alpha value is -3.45. The summed E-state index contributed by atoms with van der Waals surface area (Å²) in [5.74, 6) is -0.316. The van der Waals surface area contributed by atoms with Gasteiger partial charge in [-0.3, -0.25) is 9.59 Å². The second-order valence-corrected chi connectivity index (χ2v) is 7.19. The van der Waals surface area contributed by atoms with Gasteiger partial charge in [0.2, 0.25) is 5.91 Å². The van der Waals surface area contributed by atoms with E-state index in [4.69, 9.17) is 4.74 Å². The van der Waals surface area contributed by atoms with Crippen molar-refractivity contribution >= 4 is 11.8 Å². The Morgan fingerprint density at radius 2 is 1.63 bits per heavy atom. The minimum absolute atomic E-state index is 0.0174. The molecular weight excluding hydrogens is 380 g/mol. The summed E-state index contributed by atoms with van der Waals surface area (Å²) in [4.78, 5) is 29.1. The maximum Gasteiger partial charge on any atom is 0.257 e. The Morgan fingerprint density at radius 3 is 2.30 bits per heavy atom. The van der Waals surface area contributed by atoms with Crippen LogP contribution < -0.4 is 0 Å². The first-order chi connectivity index (χ1) is 14.6. The molecule has 1 saturated heterocycles. The van der Waals surface area contributed by atoms with Crippen molar-refractivity contribution in [3.63, 3.8) is 0 Å². The first kappa shape index (κ1) is 19.8. The van der Waals surface area contributed by atoms with Gasteiger partial charge in [0.25, 0.3) is 5.91 Å². The molecular formula is C23H24N4O3. The van der Waals surface area contributed by atoms with Gasteiger partial charge < -0.3 is 14.5 Å². The molecule has 3 aromatic rings. The first-order valence-electron chi connectivity index (χ1n) is 9.95. The van der Waals surface area contributed by atoms with Gasteiger partial charge in [-0.1, -0.05) is 48.5 Å². The summed E-state index contributed by atoms with van der Waals surface area (Å²) in [6, 6.07) is 19.2. The van der Waals surface area contributed by atoms with E-state index in [1.165, 1.54) is 4.90 Å². The molecule has 0 saturated carbocycles. The highest BCUT2D eigenvalue weighted by Gasteiger charge is 2.25. The molecule has 7 heteroatoms. The van der Waals surface area contributed by atoms with E-state index in [1.807, 2.05) is 60.7 Å². The van der Waals surface area contributed by atoms with Crippen molar-refractivity contribution in [1.82, 2.24) is 19.6 Å². The van der Waals surface area contributed by atoms with Crippen molar-refractivity contribution in [2.45, 2.75) is 0 Å². The average molecular weight is 404 g/mol. The third-order valence-electron chi connectivity index (χ3n) is 5.10. The quantitative estimate of drug-likeness (QED) is 0.655. The van der Waals surface area contributed by atoms with E-state index in [2.05, 4.69) is 5.10 Å². The van der Waals surface area contributed by atoms with Gasteiger partial charge in [0, 0.05) is 31.9 Å². The number of benzene rings is 2. The Labute approximate surface area is 175 Å². The van der Waals surface area contributed by atoms with E-state index in [0.29, 0.717) is 37.6 Å². The monoisotopic (exact) mass is 404 g/mol. The predicted octanol–water partition coefficient (Wildman–Crippen LogP) is 2.47. The summed E-state index contributed by atoms with van der Waals surface area (Å²) in [7, 11) is 1.65. The van der Waals surface area contributed by atoms with Crippen LogP contribution in [0.4, 0.5) is 0 Å². The molecule has 0 bridgehead atoms. The molecule has 0 radical (unpaired) electrons. The smallest absolute Gasteiger partial charge is 0.257 e. The van der Waals surface area contributed by atoms with Crippen molar-refractivity contribution in [1.29, 1.82) is 0 Å². The average Bonchev–Trinajstić information content (AvgIpc) is 3.26. The van der Waals surface area contributed by atoms with Gasteiger partial charge in [0.15, 0.2) is 0 Å². The lowest BCUT2D eigenvalue weighted by molar-refractivity contribution is -0.135. The molecule has 1 aliphatic rings. The Kier molecular flexibility index (Phi) is 5.90. The van der Waals surface area contributed by atoms with Crippen LogP contribution in [0.3, 0.4) is 0 Å². The van der Waals surface area contributed by atoms with Crippen LogP contribution in [-0.2, 0) is 9.53 Å². The molecule has 30 heavy (non-hydrogen) atoms. The van der Waals surface area contributed by atoms with E-state index in [0.717, 1.165) is 11.3 Å². The summed E-state index contributed by atoms with van der Waals surface area (Å²) in [6.07, 6.45) is 1.73. The van der Waals surface area contributed by atoms with Crippen molar-refractivity contribution in [3.8, 4) is 16.9 Å². The normalized spacial score (nSPS) is 13.8. The van der Waals surface area contributed by atoms with E-state index in [1.54, 1.807) is 22.8 Å². The molecule has 1 aromatic heterocycles. The lowest BCUT2D eigenvalue weighted by Gasteiger charge is -2.28. The summed E-state index contributed by atoms with van der Waals surface area (Å²) in [5.41, 5.74) is 2.77. The molecule has 0 N–H and O–H groups in total. The Balaban J connectivity index is 1.62. The molecule has 2 heterocycles. The Bertz CT molecular complexity index is 1010. The van der Waals surface area contributed by atoms with Crippen LogP contribution >= 0.6 is 0 Å². The minimum Gasteiger partial charge on any atom is -0.378 e. The van der Waals surface area contributed by atoms with Crippen molar-refractivity contribution in [3.05, 3.63) is 72.4 Å². The minimum atomic E-state index is -0.238. The number of morpholine rings is 1. The molecule has 0 atom stereocenters. The van der Waals surface area contributed by atoms with E-state index >= 15 is 0 Å². The van der Waals surface area contributed by atoms with Crippen LogP contribution in [-0.4, -0.2) is 71.3 Å². The van der Waals surface area contributed by atoms with E-state index in [9.17, 15) is 9.59 Å². The number of hydrogen-bond donors (Lipinski definition) is 0. The number of ether oxygens (including phenoxy) is 1. The first-order valence-corrected chi connectivity index (χ1v) is 9.95. The zero-order valence-electron chi connectivity index (χ0n) is 16.9. The van der Waals surface area contributed by atoms with Crippen LogP contribution in [0.5, 0.6) is 0 Å². The standard InChI is InChI=1S/C23H24N4O3/c1-25(17-21(28)26-12-14-30-15-13-26)23(29)20-16-27(19-10-6-3-7-11-19)24-22(20)18-8-4-2-5-9-18/h2-11,16H,12-15,17H2,1H3. The zero-order valence-corrected chi connectivity index (χ0v) is 16.9. The number of para-hydroxylation sites is 1. The molecule has 0 spiro atoms. The SMILES string of the molecule is CN(CC(=O)N1CCOCC1)C(=O)c1cn(-c2ccccc2)nc1-c1ccccc1. The number of amides is 2. The lowest BCUT2D eigenvalue weighted by Crippen LogP contribution is -2.46. The maximum absolute atomic E-state index is 13.3. The van der Waals surface area contributed by atoms with Gasteiger partial charge in [-0.15, -0.1) is 0 Å². The molecule has 1 aliphatic heterocycles. The summed E-state index contributed by atoms with van der Waals surface area (Å²) < 4.78 is 7.00. The van der Waals surface area contributed by atoms with Crippen LogP contribution in [0.15, 0.2) is 66.9 Å².